The molecule has 0 spiro atoms. The minimum Gasteiger partial charge on any atom is -0.382 e. The maximum Gasteiger partial charge on any atom is 0.262 e. The number of aromatic nitrogens is 2. The number of hydrogen-bond acceptors (Lipinski definition) is 5. The van der Waals surface area contributed by atoms with Crippen LogP contribution in [0.3, 0.4) is 0 Å². The van der Waals surface area contributed by atoms with E-state index in [-0.39, 0.29) is 10.8 Å². The predicted molar refractivity (Wildman–Crippen MR) is 117 cm³/mol. The summed E-state index contributed by atoms with van der Waals surface area (Å²) in [4.78, 5) is 17.8. The molecule has 3 aromatic rings. The summed E-state index contributed by atoms with van der Waals surface area (Å²) in [5.41, 5.74) is 2.88. The Labute approximate surface area is 175 Å². The predicted octanol–water partition coefficient (Wildman–Crippen LogP) is 4.36. The van der Waals surface area contributed by atoms with Crippen LogP contribution in [0.25, 0.3) is 10.9 Å². The van der Waals surface area contributed by atoms with Crippen molar-refractivity contribution >= 4 is 22.7 Å². The van der Waals surface area contributed by atoms with Crippen LogP contribution in [0.1, 0.15) is 24.5 Å². The molecule has 0 saturated carbocycles. The minimum atomic E-state index is -0.330. The van der Waals surface area contributed by atoms with Gasteiger partial charge in [0.2, 0.25) is 0 Å². The van der Waals surface area contributed by atoms with Gasteiger partial charge in [-0.2, -0.15) is 5.26 Å². The minimum absolute atomic E-state index is 0.0679. The first kappa shape index (κ1) is 21.1. The summed E-state index contributed by atoms with van der Waals surface area (Å²) >= 11 is 1.36. The number of nitriles is 1. The second-order valence-corrected chi connectivity index (χ2v) is 8.01. The molecule has 150 valence electrons. The third-order valence-corrected chi connectivity index (χ3v) is 5.71. The Balaban J connectivity index is 1.89. The molecule has 0 radical (unpaired) electrons. The van der Waals surface area contributed by atoms with Gasteiger partial charge < -0.3 is 4.74 Å². The summed E-state index contributed by atoms with van der Waals surface area (Å²) in [5, 5.41) is 10.6. The van der Waals surface area contributed by atoms with Gasteiger partial charge in [-0.25, -0.2) is 4.98 Å². The monoisotopic (exact) mass is 407 g/mol. The Hall–Kier alpha value is -2.62. The largest absolute Gasteiger partial charge is 0.382 e. The summed E-state index contributed by atoms with van der Waals surface area (Å²) in [5.74, 6) is 0. The van der Waals surface area contributed by atoms with Crippen molar-refractivity contribution in [3.05, 3.63) is 70.0 Å². The number of thioether (sulfide) groups is 1. The molecule has 1 atom stereocenters. The lowest BCUT2D eigenvalue weighted by Crippen LogP contribution is -2.25. The van der Waals surface area contributed by atoms with E-state index < -0.39 is 0 Å². The second-order valence-electron chi connectivity index (χ2n) is 6.84. The third-order valence-electron chi connectivity index (χ3n) is 4.63. The van der Waals surface area contributed by atoms with E-state index in [1.165, 1.54) is 17.3 Å². The van der Waals surface area contributed by atoms with Gasteiger partial charge in [0.15, 0.2) is 5.16 Å². The molecule has 29 heavy (non-hydrogen) atoms. The summed E-state index contributed by atoms with van der Waals surface area (Å²) in [6.07, 6.45) is 1.32. The summed E-state index contributed by atoms with van der Waals surface area (Å²) in [7, 11) is 0. The summed E-state index contributed by atoms with van der Waals surface area (Å²) in [6, 6.07) is 17.9. The molecule has 0 unspecified atom stereocenters. The third kappa shape index (κ3) is 5.47. The highest BCUT2D eigenvalue weighted by Gasteiger charge is 2.17. The zero-order valence-electron chi connectivity index (χ0n) is 16.8. The molecular formula is C23H25N3O2S. The van der Waals surface area contributed by atoms with Crippen LogP contribution < -0.4 is 5.56 Å². The first-order valence-electron chi connectivity index (χ1n) is 9.81. The Morgan fingerprint density at radius 3 is 2.69 bits per heavy atom. The average molecular weight is 408 g/mol. The normalized spacial score (nSPS) is 12.0. The Bertz CT molecular complexity index is 1050. The highest BCUT2D eigenvalue weighted by atomic mass is 32.2. The topological polar surface area (TPSA) is 67.9 Å². The smallest absolute Gasteiger partial charge is 0.262 e. The van der Waals surface area contributed by atoms with Gasteiger partial charge in [0, 0.05) is 19.8 Å². The SMILES string of the molecule is CCOCCCn1c(S[C@H](C#N)Cc2ccc(C)cc2)nc2ccccc2c1=O. The number of ether oxygens (including phenoxy) is 1. The zero-order chi connectivity index (χ0) is 20.6. The van der Waals surface area contributed by atoms with Gasteiger partial charge in [-0.05, 0) is 44.4 Å². The highest BCUT2D eigenvalue weighted by Crippen LogP contribution is 2.25. The Morgan fingerprint density at radius 2 is 1.97 bits per heavy atom. The molecule has 1 aromatic heterocycles. The number of hydrogen-bond donors (Lipinski definition) is 0. The van der Waals surface area contributed by atoms with Crippen LogP contribution in [0.5, 0.6) is 0 Å². The molecule has 5 nitrogen and oxygen atoms in total. The highest BCUT2D eigenvalue weighted by molar-refractivity contribution is 8.00. The molecule has 0 aliphatic rings. The standard InChI is InChI=1S/C23H25N3O2S/c1-3-28-14-6-13-26-22(27)20-7-4-5-8-21(20)25-23(26)29-19(16-24)15-18-11-9-17(2)10-12-18/h4-5,7-12,19H,3,6,13-15H2,1-2H3/t19-/m0/s1. The van der Waals surface area contributed by atoms with Crippen LogP contribution >= 0.6 is 11.8 Å². The van der Waals surface area contributed by atoms with Gasteiger partial charge in [-0.3, -0.25) is 9.36 Å². The number of para-hydroxylation sites is 1. The van der Waals surface area contributed by atoms with Crippen LogP contribution in [-0.4, -0.2) is 28.0 Å². The van der Waals surface area contributed by atoms with Gasteiger partial charge >= 0.3 is 0 Å². The van der Waals surface area contributed by atoms with Crippen molar-refractivity contribution in [2.45, 2.75) is 43.6 Å². The van der Waals surface area contributed by atoms with E-state index in [2.05, 4.69) is 6.07 Å². The van der Waals surface area contributed by atoms with Crippen molar-refractivity contribution < 1.29 is 4.74 Å². The average Bonchev–Trinajstić information content (AvgIpc) is 2.74. The second kappa shape index (κ2) is 10.2. The first-order chi connectivity index (χ1) is 14.1. The van der Waals surface area contributed by atoms with Crippen molar-refractivity contribution in [1.82, 2.24) is 9.55 Å². The number of aryl methyl sites for hydroxylation is 1. The lowest BCUT2D eigenvalue weighted by atomic mass is 10.1. The number of benzene rings is 2. The lowest BCUT2D eigenvalue weighted by molar-refractivity contribution is 0.140. The van der Waals surface area contributed by atoms with Crippen LogP contribution in [0.2, 0.25) is 0 Å². The van der Waals surface area contributed by atoms with Crippen LogP contribution in [0.4, 0.5) is 0 Å². The molecule has 3 rings (SSSR count). The van der Waals surface area contributed by atoms with Gasteiger partial charge in [-0.15, -0.1) is 0 Å². The zero-order valence-corrected chi connectivity index (χ0v) is 17.6. The van der Waals surface area contributed by atoms with Gasteiger partial charge in [-0.1, -0.05) is 53.7 Å². The quantitative estimate of drug-likeness (QED) is 0.299. The number of nitrogens with zero attached hydrogens (tertiary/aromatic N) is 3. The molecule has 2 aromatic carbocycles. The van der Waals surface area contributed by atoms with E-state index >= 15 is 0 Å². The maximum absolute atomic E-state index is 13.1. The number of fused-ring (bicyclic) bond motifs is 1. The van der Waals surface area contributed by atoms with Gasteiger partial charge in [0.25, 0.3) is 5.56 Å². The Morgan fingerprint density at radius 1 is 1.21 bits per heavy atom. The maximum atomic E-state index is 13.1. The van der Waals surface area contributed by atoms with E-state index in [1.54, 1.807) is 10.6 Å². The molecule has 0 aliphatic carbocycles. The fourth-order valence-electron chi connectivity index (χ4n) is 3.08. The van der Waals surface area contributed by atoms with Crippen LogP contribution in [0, 0.1) is 18.3 Å². The molecule has 0 bridgehead atoms. The molecule has 0 saturated heterocycles. The fraction of sp³-hybridized carbons (Fsp3) is 0.348. The van der Waals surface area contributed by atoms with E-state index in [1.807, 2.05) is 56.3 Å². The van der Waals surface area contributed by atoms with E-state index in [0.29, 0.717) is 42.2 Å². The molecule has 0 aliphatic heterocycles. The van der Waals surface area contributed by atoms with E-state index in [0.717, 1.165) is 12.0 Å². The molecule has 0 N–H and O–H groups in total. The van der Waals surface area contributed by atoms with Crippen molar-refractivity contribution in [3.8, 4) is 6.07 Å². The van der Waals surface area contributed by atoms with E-state index in [4.69, 9.17) is 9.72 Å². The number of rotatable bonds is 9. The van der Waals surface area contributed by atoms with Crippen molar-refractivity contribution in [1.29, 1.82) is 5.26 Å². The van der Waals surface area contributed by atoms with Gasteiger partial charge in [0.05, 0.1) is 17.0 Å². The van der Waals surface area contributed by atoms with Crippen molar-refractivity contribution in [2.24, 2.45) is 0 Å². The summed E-state index contributed by atoms with van der Waals surface area (Å²) < 4.78 is 7.10. The molecular weight excluding hydrogens is 382 g/mol. The van der Waals surface area contributed by atoms with Crippen LogP contribution in [0.15, 0.2) is 58.5 Å². The molecule has 0 amide bonds. The summed E-state index contributed by atoms with van der Waals surface area (Å²) in [6.45, 7) is 5.75. The molecule has 6 heteroatoms. The van der Waals surface area contributed by atoms with Gasteiger partial charge in [0.1, 0.15) is 5.25 Å². The van der Waals surface area contributed by atoms with Crippen molar-refractivity contribution in [3.63, 3.8) is 0 Å². The Kier molecular flexibility index (Phi) is 7.45. The molecule has 1 heterocycles. The lowest BCUT2D eigenvalue weighted by Gasteiger charge is -2.15. The van der Waals surface area contributed by atoms with E-state index in [9.17, 15) is 10.1 Å². The first-order valence-corrected chi connectivity index (χ1v) is 10.7. The fourth-order valence-corrected chi connectivity index (χ4v) is 4.12. The van der Waals surface area contributed by atoms with Crippen molar-refractivity contribution in [2.75, 3.05) is 13.2 Å². The van der Waals surface area contributed by atoms with Crippen LogP contribution in [-0.2, 0) is 17.7 Å². The molecule has 0 fully saturated rings.